The van der Waals surface area contributed by atoms with Crippen molar-refractivity contribution in [3.63, 3.8) is 0 Å². The van der Waals surface area contributed by atoms with Gasteiger partial charge in [0, 0.05) is 12.7 Å². The van der Waals surface area contributed by atoms with Gasteiger partial charge in [0.25, 0.3) is 0 Å². The summed E-state index contributed by atoms with van der Waals surface area (Å²) in [4.78, 5) is 7.29. The fourth-order valence-corrected chi connectivity index (χ4v) is 2.41. The number of rotatable bonds is 2. The van der Waals surface area contributed by atoms with Gasteiger partial charge in [0.05, 0.1) is 17.2 Å². The molecule has 1 fully saturated rings. The van der Waals surface area contributed by atoms with Crippen LogP contribution < -0.4 is 0 Å². The topological polar surface area (TPSA) is 33.6 Å². The Morgan fingerprint density at radius 1 is 1.53 bits per heavy atom. The van der Waals surface area contributed by atoms with E-state index in [1.807, 2.05) is 18.5 Å². The van der Waals surface area contributed by atoms with E-state index >= 15 is 0 Å². The lowest BCUT2D eigenvalue weighted by atomic mass is 9.85. The van der Waals surface area contributed by atoms with Gasteiger partial charge in [-0.2, -0.15) is 0 Å². The maximum Gasteiger partial charge on any atom is 0.178 e. The Balaban J connectivity index is 2.07. The van der Waals surface area contributed by atoms with E-state index < -0.39 is 0 Å². The minimum absolute atomic E-state index is 0.823. The largest absolute Gasteiger partial charge is 0.329 e. The number of aromatic nitrogens is 3. The van der Waals surface area contributed by atoms with E-state index in [-0.39, 0.29) is 0 Å². The molecule has 4 heteroatoms. The van der Waals surface area contributed by atoms with Crippen molar-refractivity contribution in [2.45, 2.75) is 25.8 Å². The number of nitrogens with zero attached hydrogens (tertiary/aromatic N) is 2. The van der Waals surface area contributed by atoms with Gasteiger partial charge in [-0.15, -0.1) is 0 Å². The molecule has 0 aromatic carbocycles. The van der Waals surface area contributed by atoms with Gasteiger partial charge in [-0.25, -0.2) is 0 Å². The molecule has 2 aromatic rings. The zero-order chi connectivity index (χ0) is 10.3. The van der Waals surface area contributed by atoms with Gasteiger partial charge in [-0.05, 0) is 37.0 Å². The number of hydrogen-bond donors (Lipinski definition) is 1. The van der Waals surface area contributed by atoms with Crippen LogP contribution in [0.4, 0.5) is 0 Å². The SMILES string of the molecule is S=c1[nH]c2cnccc2n1CC1CCC1. The van der Waals surface area contributed by atoms with Gasteiger partial charge in [0.15, 0.2) is 4.77 Å². The van der Waals surface area contributed by atoms with Crippen LogP contribution in [0.1, 0.15) is 19.3 Å². The van der Waals surface area contributed by atoms with Gasteiger partial charge >= 0.3 is 0 Å². The summed E-state index contributed by atoms with van der Waals surface area (Å²) in [5.74, 6) is 0.823. The third kappa shape index (κ3) is 1.49. The van der Waals surface area contributed by atoms with Crippen molar-refractivity contribution in [3.05, 3.63) is 23.2 Å². The van der Waals surface area contributed by atoms with Gasteiger partial charge < -0.3 is 9.55 Å². The first-order valence-corrected chi connectivity index (χ1v) is 5.78. The van der Waals surface area contributed by atoms with Crippen molar-refractivity contribution in [1.29, 1.82) is 0 Å². The monoisotopic (exact) mass is 219 g/mol. The van der Waals surface area contributed by atoms with Crippen LogP contribution in [-0.4, -0.2) is 14.5 Å². The molecule has 2 aromatic heterocycles. The van der Waals surface area contributed by atoms with Crippen LogP contribution in [0, 0.1) is 10.7 Å². The summed E-state index contributed by atoms with van der Waals surface area (Å²) in [6, 6.07) is 2.03. The van der Waals surface area contributed by atoms with Crippen LogP contribution in [0.15, 0.2) is 18.5 Å². The molecular formula is C11H13N3S. The van der Waals surface area contributed by atoms with E-state index in [9.17, 15) is 0 Å². The second-order valence-electron chi connectivity index (χ2n) is 4.23. The third-order valence-electron chi connectivity index (χ3n) is 3.24. The molecule has 0 atom stereocenters. The first-order chi connectivity index (χ1) is 7.34. The van der Waals surface area contributed by atoms with Crippen LogP contribution in [0.3, 0.4) is 0 Å². The average Bonchev–Trinajstić information content (AvgIpc) is 2.48. The lowest BCUT2D eigenvalue weighted by molar-refractivity contribution is 0.278. The van der Waals surface area contributed by atoms with Gasteiger partial charge in [-0.3, -0.25) is 4.98 Å². The number of nitrogens with one attached hydrogen (secondary N) is 1. The normalized spacial score (nSPS) is 16.8. The molecule has 15 heavy (non-hydrogen) atoms. The Hall–Kier alpha value is -1.16. The fourth-order valence-electron chi connectivity index (χ4n) is 2.13. The van der Waals surface area contributed by atoms with Crippen molar-refractivity contribution in [2.24, 2.45) is 5.92 Å². The second kappa shape index (κ2) is 3.45. The van der Waals surface area contributed by atoms with E-state index in [1.54, 1.807) is 0 Å². The average molecular weight is 219 g/mol. The summed E-state index contributed by atoms with van der Waals surface area (Å²) in [6.07, 6.45) is 7.73. The third-order valence-corrected chi connectivity index (χ3v) is 3.56. The molecule has 0 unspecified atom stereocenters. The van der Waals surface area contributed by atoms with Crippen LogP contribution >= 0.6 is 12.2 Å². The van der Waals surface area contributed by atoms with Crippen molar-refractivity contribution in [2.75, 3.05) is 0 Å². The highest BCUT2D eigenvalue weighted by Crippen LogP contribution is 2.29. The maximum absolute atomic E-state index is 5.32. The molecule has 0 radical (unpaired) electrons. The standard InChI is InChI=1S/C11H13N3S/c15-11-13-9-6-12-5-4-10(9)14(11)7-8-2-1-3-8/h4-6,8H,1-3,7H2,(H,13,15). The zero-order valence-corrected chi connectivity index (χ0v) is 9.26. The lowest BCUT2D eigenvalue weighted by Gasteiger charge is -2.25. The highest BCUT2D eigenvalue weighted by Gasteiger charge is 2.19. The number of aromatic amines is 1. The van der Waals surface area contributed by atoms with Crippen molar-refractivity contribution >= 4 is 23.3 Å². The smallest absolute Gasteiger partial charge is 0.178 e. The molecule has 78 valence electrons. The number of hydrogen-bond acceptors (Lipinski definition) is 2. The van der Waals surface area contributed by atoms with Crippen LogP contribution in [0.2, 0.25) is 0 Å². The highest BCUT2D eigenvalue weighted by atomic mass is 32.1. The summed E-state index contributed by atoms with van der Waals surface area (Å²) in [5.41, 5.74) is 2.23. The molecule has 2 heterocycles. The van der Waals surface area contributed by atoms with E-state index in [1.165, 1.54) is 24.8 Å². The molecule has 1 saturated carbocycles. The predicted molar refractivity (Wildman–Crippen MR) is 62.3 cm³/mol. The summed E-state index contributed by atoms with van der Waals surface area (Å²) < 4.78 is 3.03. The Bertz CT molecular complexity index is 536. The molecule has 0 aliphatic heterocycles. The first kappa shape index (κ1) is 9.09. The van der Waals surface area contributed by atoms with Gasteiger partial charge in [0.2, 0.25) is 0 Å². The number of imidazole rings is 1. The Labute approximate surface area is 93.1 Å². The Kier molecular flexibility index (Phi) is 2.09. The van der Waals surface area contributed by atoms with Crippen molar-refractivity contribution < 1.29 is 0 Å². The lowest BCUT2D eigenvalue weighted by Crippen LogP contribution is -2.17. The van der Waals surface area contributed by atoms with E-state index in [4.69, 9.17) is 12.2 Å². The molecule has 1 N–H and O–H groups in total. The summed E-state index contributed by atoms with van der Waals surface area (Å²) in [5, 5.41) is 0. The molecule has 0 spiro atoms. The van der Waals surface area contributed by atoms with Crippen LogP contribution in [-0.2, 0) is 6.54 Å². The predicted octanol–water partition coefficient (Wildman–Crippen LogP) is 2.89. The molecule has 1 aliphatic rings. The van der Waals surface area contributed by atoms with E-state index in [2.05, 4.69) is 14.5 Å². The molecule has 3 nitrogen and oxygen atoms in total. The van der Waals surface area contributed by atoms with Crippen LogP contribution in [0.5, 0.6) is 0 Å². The van der Waals surface area contributed by atoms with Crippen LogP contribution in [0.25, 0.3) is 11.0 Å². The fraction of sp³-hybridized carbons (Fsp3) is 0.455. The number of H-pyrrole nitrogens is 1. The van der Waals surface area contributed by atoms with Crippen molar-refractivity contribution in [3.8, 4) is 0 Å². The Morgan fingerprint density at radius 3 is 3.13 bits per heavy atom. The minimum atomic E-state index is 0.823. The second-order valence-corrected chi connectivity index (χ2v) is 4.62. The van der Waals surface area contributed by atoms with Crippen molar-refractivity contribution in [1.82, 2.24) is 14.5 Å². The highest BCUT2D eigenvalue weighted by molar-refractivity contribution is 7.71. The quantitative estimate of drug-likeness (QED) is 0.788. The number of pyridine rings is 1. The molecule has 1 aliphatic carbocycles. The molecule has 0 amide bonds. The Morgan fingerprint density at radius 2 is 2.40 bits per heavy atom. The minimum Gasteiger partial charge on any atom is -0.329 e. The van der Waals surface area contributed by atoms with Gasteiger partial charge in [0.1, 0.15) is 0 Å². The number of fused-ring (bicyclic) bond motifs is 1. The molecule has 3 rings (SSSR count). The summed E-state index contributed by atoms with van der Waals surface area (Å²) >= 11 is 5.32. The molecule has 0 saturated heterocycles. The zero-order valence-electron chi connectivity index (χ0n) is 8.44. The summed E-state index contributed by atoms with van der Waals surface area (Å²) in [7, 11) is 0. The van der Waals surface area contributed by atoms with Gasteiger partial charge in [-0.1, -0.05) is 6.42 Å². The first-order valence-electron chi connectivity index (χ1n) is 5.37. The molecular weight excluding hydrogens is 206 g/mol. The van der Waals surface area contributed by atoms with E-state index in [0.717, 1.165) is 22.8 Å². The molecule has 0 bridgehead atoms. The maximum atomic E-state index is 5.32. The summed E-state index contributed by atoms with van der Waals surface area (Å²) in [6.45, 7) is 1.06. The van der Waals surface area contributed by atoms with E-state index in [0.29, 0.717) is 0 Å².